The number of β-lactam (4-membered cyclic amide) rings is 1. The Hall–Kier alpha value is -2.91. The summed E-state index contributed by atoms with van der Waals surface area (Å²) in [7, 11) is 0. The highest BCUT2D eigenvalue weighted by atomic mass is 32.2. The van der Waals surface area contributed by atoms with Crippen LogP contribution < -0.4 is 27.2 Å². The number of carboxylic acid groups (broad SMARTS) is 1. The number of carbonyl (C=O) groups is 5. The van der Waals surface area contributed by atoms with Crippen LogP contribution in [0.2, 0.25) is 0 Å². The summed E-state index contributed by atoms with van der Waals surface area (Å²) < 4.78 is -0.743. The van der Waals surface area contributed by atoms with Crippen LogP contribution in [-0.4, -0.2) is 67.4 Å². The number of fused-ring (bicyclic) bond motifs is 1. The lowest BCUT2D eigenvalue weighted by atomic mass is 9.96. The van der Waals surface area contributed by atoms with Gasteiger partial charge in [0, 0.05) is 10.1 Å². The van der Waals surface area contributed by atoms with Gasteiger partial charge in [-0.05, 0) is 13.8 Å². The molecular formula is C15H19N7O6S2. The van der Waals surface area contributed by atoms with Gasteiger partial charge in [-0.2, -0.15) is 0 Å². The Bertz CT molecular complexity index is 906. The maximum Gasteiger partial charge on any atom is 0.329 e. The van der Waals surface area contributed by atoms with Crippen molar-refractivity contribution in [3.05, 3.63) is 11.1 Å². The van der Waals surface area contributed by atoms with E-state index in [1.807, 2.05) is 5.43 Å². The quantitative estimate of drug-likeness (QED) is 0.0933. The predicted molar refractivity (Wildman–Crippen MR) is 106 cm³/mol. The summed E-state index contributed by atoms with van der Waals surface area (Å²) in [6, 6.07) is -4.14. The molecule has 1 aromatic heterocycles. The molecule has 162 valence electrons. The SMILES string of the molecule is CC1(C)S[C@@H]2[C@H](NC(=O)C(NC(=O)NN)c3csc(NC=O)n3)C(=O)N2[C@H]1C(=O)O. The van der Waals surface area contributed by atoms with Crippen LogP contribution in [0, 0.1) is 0 Å². The van der Waals surface area contributed by atoms with Crippen molar-refractivity contribution in [1.29, 1.82) is 0 Å². The fourth-order valence-corrected chi connectivity index (χ4v) is 5.68. The second-order valence-electron chi connectivity index (χ2n) is 6.97. The standard InChI is InChI=1S/C15H19N7O6S2/c1-15(2)8(12(26)27)22-10(25)7(11(22)30-15)19-9(24)6(20-13(28)21-16)5-3-29-14(18-5)17-4-23/h3-4,6-8,11H,16H2,1-2H3,(H,19,24)(H,26,27)(H,17,18,23)(H2,20,21,28)/t6?,7-,8+,11-/m1/s1. The van der Waals surface area contributed by atoms with E-state index in [0.29, 0.717) is 6.41 Å². The van der Waals surface area contributed by atoms with E-state index < -0.39 is 52.1 Å². The van der Waals surface area contributed by atoms with Crippen LogP contribution in [0.1, 0.15) is 25.6 Å². The molecule has 2 saturated heterocycles. The molecule has 0 aromatic carbocycles. The van der Waals surface area contributed by atoms with Crippen molar-refractivity contribution in [2.24, 2.45) is 5.84 Å². The van der Waals surface area contributed by atoms with Gasteiger partial charge in [-0.1, -0.05) is 0 Å². The largest absolute Gasteiger partial charge is 0.480 e. The summed E-state index contributed by atoms with van der Waals surface area (Å²) in [5.41, 5.74) is 1.96. The van der Waals surface area contributed by atoms with Crippen LogP contribution in [0.15, 0.2) is 5.38 Å². The first-order valence-electron chi connectivity index (χ1n) is 8.56. The van der Waals surface area contributed by atoms with Gasteiger partial charge in [-0.3, -0.25) is 19.8 Å². The number of aliphatic carboxylic acids is 1. The molecule has 30 heavy (non-hydrogen) atoms. The summed E-state index contributed by atoms with van der Waals surface area (Å²) in [6.07, 6.45) is 0.414. The predicted octanol–water partition coefficient (Wildman–Crippen LogP) is -1.44. The second-order valence-corrected chi connectivity index (χ2v) is 9.60. The Labute approximate surface area is 178 Å². The molecule has 3 rings (SSSR count). The Kier molecular flexibility index (Phi) is 5.87. The number of carboxylic acids is 1. The average molecular weight is 457 g/mol. The summed E-state index contributed by atoms with van der Waals surface area (Å²) in [4.78, 5) is 64.6. The van der Waals surface area contributed by atoms with Gasteiger partial charge in [0.05, 0.1) is 5.69 Å². The van der Waals surface area contributed by atoms with Crippen LogP contribution in [0.5, 0.6) is 0 Å². The van der Waals surface area contributed by atoms with Gasteiger partial charge < -0.3 is 26.0 Å². The van der Waals surface area contributed by atoms with Gasteiger partial charge >= 0.3 is 12.0 Å². The number of nitrogens with two attached hydrogens (primary N) is 1. The Morgan fingerprint density at radius 3 is 2.70 bits per heavy atom. The lowest BCUT2D eigenvalue weighted by molar-refractivity contribution is -0.161. The number of nitrogens with zero attached hydrogens (tertiary/aromatic N) is 2. The van der Waals surface area contributed by atoms with Crippen LogP contribution in [0.3, 0.4) is 0 Å². The van der Waals surface area contributed by atoms with E-state index >= 15 is 0 Å². The number of nitrogens with one attached hydrogen (secondary N) is 4. The van der Waals surface area contributed by atoms with Gasteiger partial charge in [0.15, 0.2) is 11.2 Å². The third kappa shape index (κ3) is 3.78. The zero-order valence-corrected chi connectivity index (χ0v) is 17.4. The smallest absolute Gasteiger partial charge is 0.329 e. The molecule has 0 saturated carbocycles. The summed E-state index contributed by atoms with van der Waals surface area (Å²) >= 11 is 2.30. The first-order valence-corrected chi connectivity index (χ1v) is 10.3. The molecule has 0 bridgehead atoms. The first-order chi connectivity index (χ1) is 14.1. The fraction of sp³-hybridized carbons (Fsp3) is 0.467. The van der Waals surface area contributed by atoms with Crippen LogP contribution >= 0.6 is 23.1 Å². The molecule has 1 unspecified atom stereocenters. The molecule has 15 heteroatoms. The number of thioether (sulfide) groups is 1. The Morgan fingerprint density at radius 2 is 2.10 bits per heavy atom. The van der Waals surface area contributed by atoms with Crippen LogP contribution in [-0.2, 0) is 19.2 Å². The number of carbonyl (C=O) groups excluding carboxylic acids is 4. The molecular weight excluding hydrogens is 438 g/mol. The van der Waals surface area contributed by atoms with Gasteiger partial charge in [-0.25, -0.2) is 20.4 Å². The molecule has 0 radical (unpaired) electrons. The van der Waals surface area contributed by atoms with Crippen molar-refractivity contribution < 1.29 is 29.1 Å². The monoisotopic (exact) mass is 457 g/mol. The summed E-state index contributed by atoms with van der Waals surface area (Å²) in [5, 5.41) is 17.8. The maximum atomic E-state index is 12.9. The van der Waals surface area contributed by atoms with Gasteiger partial charge in [0.25, 0.3) is 0 Å². The average Bonchev–Trinajstić information content (AvgIpc) is 3.24. The summed E-state index contributed by atoms with van der Waals surface area (Å²) in [6.45, 7) is 3.43. The molecule has 4 atom stereocenters. The van der Waals surface area contributed by atoms with Crippen molar-refractivity contribution in [2.75, 3.05) is 5.32 Å². The van der Waals surface area contributed by atoms with Crippen molar-refractivity contribution in [3.8, 4) is 0 Å². The van der Waals surface area contributed by atoms with E-state index in [1.54, 1.807) is 13.8 Å². The van der Waals surface area contributed by atoms with Crippen molar-refractivity contribution >= 4 is 58.5 Å². The zero-order valence-electron chi connectivity index (χ0n) is 15.7. The van der Waals surface area contributed by atoms with Gasteiger partial charge in [0.1, 0.15) is 17.5 Å². The molecule has 2 aliphatic rings. The number of hydrogen-bond donors (Lipinski definition) is 6. The highest BCUT2D eigenvalue weighted by Gasteiger charge is 2.64. The third-order valence-corrected chi connectivity index (χ3v) is 7.00. The highest BCUT2D eigenvalue weighted by molar-refractivity contribution is 8.01. The molecule has 2 aliphatic heterocycles. The number of urea groups is 1. The van der Waals surface area contributed by atoms with E-state index in [0.717, 1.165) is 11.3 Å². The van der Waals surface area contributed by atoms with E-state index in [-0.39, 0.29) is 10.8 Å². The number of hydrazine groups is 1. The zero-order chi connectivity index (χ0) is 22.2. The van der Waals surface area contributed by atoms with E-state index in [9.17, 15) is 29.1 Å². The van der Waals surface area contributed by atoms with E-state index in [1.165, 1.54) is 22.0 Å². The van der Waals surface area contributed by atoms with Crippen LogP contribution in [0.4, 0.5) is 9.93 Å². The van der Waals surface area contributed by atoms with Gasteiger partial charge in [0.2, 0.25) is 18.2 Å². The molecule has 13 nitrogen and oxygen atoms in total. The molecule has 7 N–H and O–H groups in total. The number of rotatable bonds is 7. The van der Waals surface area contributed by atoms with Crippen molar-refractivity contribution in [3.63, 3.8) is 0 Å². The molecule has 3 heterocycles. The Morgan fingerprint density at radius 1 is 1.40 bits per heavy atom. The topological polar surface area (TPSA) is 196 Å². The third-order valence-electron chi connectivity index (χ3n) is 4.64. The second kappa shape index (κ2) is 8.08. The van der Waals surface area contributed by atoms with E-state index in [4.69, 9.17) is 5.84 Å². The highest BCUT2D eigenvalue weighted by Crippen LogP contribution is 2.50. The van der Waals surface area contributed by atoms with Crippen molar-refractivity contribution in [2.45, 2.75) is 42.1 Å². The number of thiazole rings is 1. The fourth-order valence-electron chi connectivity index (χ4n) is 3.36. The summed E-state index contributed by atoms with van der Waals surface area (Å²) in [5.74, 6) is 2.68. The molecule has 5 amide bonds. The van der Waals surface area contributed by atoms with Gasteiger partial charge in [-0.15, -0.1) is 23.1 Å². The minimum atomic E-state index is -1.30. The van der Waals surface area contributed by atoms with Crippen molar-refractivity contribution in [1.82, 2.24) is 25.9 Å². The number of amides is 5. The van der Waals surface area contributed by atoms with E-state index in [2.05, 4.69) is 20.9 Å². The molecule has 0 spiro atoms. The number of anilines is 1. The number of aromatic nitrogens is 1. The molecule has 1 aromatic rings. The Balaban J connectivity index is 1.77. The minimum Gasteiger partial charge on any atom is -0.480 e. The molecule has 2 fully saturated rings. The normalized spacial score (nSPS) is 24.8. The lowest BCUT2D eigenvalue weighted by Gasteiger charge is -2.43. The molecule has 0 aliphatic carbocycles. The minimum absolute atomic E-state index is 0.122. The number of hydrogen-bond acceptors (Lipinski definition) is 9. The maximum absolute atomic E-state index is 12.9. The lowest BCUT2D eigenvalue weighted by Crippen LogP contribution is -2.71. The van der Waals surface area contributed by atoms with Crippen LogP contribution in [0.25, 0.3) is 0 Å². The first kappa shape index (κ1) is 21.8.